The third-order valence-corrected chi connectivity index (χ3v) is 3.46. The van der Waals surface area contributed by atoms with Crippen molar-refractivity contribution in [2.45, 2.75) is 6.92 Å². The van der Waals surface area contributed by atoms with E-state index in [2.05, 4.69) is 4.98 Å². The standard InChI is InChI=1S/C19H17N3O3/c1-3-4-12-9-15(16-7-5-14(11-20)19(24)22-16)10-13(18(12)25-2)6-8-17(21)23/h3-10H,1-2H3,(H2,21,23)(H,22,24)/b4-3+,8-6+. The van der Waals surface area contributed by atoms with Crippen LogP contribution >= 0.6 is 0 Å². The maximum absolute atomic E-state index is 11.9. The number of nitrogens with zero attached hydrogens (tertiary/aromatic N) is 1. The van der Waals surface area contributed by atoms with Crippen LogP contribution in [0.15, 0.2) is 41.2 Å². The van der Waals surface area contributed by atoms with E-state index in [1.54, 1.807) is 18.2 Å². The number of aromatic nitrogens is 1. The van der Waals surface area contributed by atoms with Crippen LogP contribution in [-0.2, 0) is 4.79 Å². The number of aromatic amines is 1. The zero-order valence-corrected chi connectivity index (χ0v) is 13.9. The van der Waals surface area contributed by atoms with E-state index >= 15 is 0 Å². The lowest BCUT2D eigenvalue weighted by Gasteiger charge is -2.12. The Bertz CT molecular complexity index is 963. The summed E-state index contributed by atoms with van der Waals surface area (Å²) >= 11 is 0. The number of benzene rings is 1. The molecule has 6 nitrogen and oxygen atoms in total. The Balaban J connectivity index is 2.70. The first-order chi connectivity index (χ1) is 12.0. The highest BCUT2D eigenvalue weighted by Gasteiger charge is 2.11. The van der Waals surface area contributed by atoms with Crippen molar-refractivity contribution in [2.24, 2.45) is 5.73 Å². The number of methoxy groups -OCH3 is 1. The van der Waals surface area contributed by atoms with Gasteiger partial charge in [-0.3, -0.25) is 9.59 Å². The molecule has 1 aromatic carbocycles. The first-order valence-corrected chi connectivity index (χ1v) is 7.46. The Kier molecular flexibility index (Phi) is 5.54. The molecule has 6 heteroatoms. The van der Waals surface area contributed by atoms with E-state index in [0.717, 1.165) is 5.56 Å². The van der Waals surface area contributed by atoms with E-state index in [1.165, 1.54) is 19.3 Å². The van der Waals surface area contributed by atoms with Gasteiger partial charge in [-0.15, -0.1) is 0 Å². The van der Waals surface area contributed by atoms with Gasteiger partial charge < -0.3 is 15.5 Å². The van der Waals surface area contributed by atoms with E-state index in [9.17, 15) is 9.59 Å². The molecule has 0 aliphatic carbocycles. The molecule has 0 unspecified atom stereocenters. The Morgan fingerprint density at radius 3 is 2.48 bits per heavy atom. The van der Waals surface area contributed by atoms with Crippen LogP contribution in [-0.4, -0.2) is 18.0 Å². The number of ether oxygens (including phenoxy) is 1. The molecule has 25 heavy (non-hydrogen) atoms. The SMILES string of the molecule is C/C=C/c1cc(-c2ccc(C#N)c(=O)[nH]2)cc(/C=C/C(N)=O)c1OC. The summed E-state index contributed by atoms with van der Waals surface area (Å²) < 4.78 is 5.44. The van der Waals surface area contributed by atoms with Gasteiger partial charge in [-0.2, -0.15) is 5.26 Å². The highest BCUT2D eigenvalue weighted by molar-refractivity contribution is 5.91. The maximum Gasteiger partial charge on any atom is 0.266 e. The second-order valence-corrected chi connectivity index (χ2v) is 5.15. The molecule has 0 bridgehead atoms. The summed E-state index contributed by atoms with van der Waals surface area (Å²) in [6.45, 7) is 1.87. The molecule has 126 valence electrons. The molecule has 0 aliphatic heterocycles. The Morgan fingerprint density at radius 1 is 1.28 bits per heavy atom. The summed E-state index contributed by atoms with van der Waals surface area (Å²) in [7, 11) is 1.53. The molecule has 3 N–H and O–H groups in total. The summed E-state index contributed by atoms with van der Waals surface area (Å²) in [5, 5.41) is 8.88. The fourth-order valence-electron chi connectivity index (χ4n) is 2.39. The Morgan fingerprint density at radius 2 is 1.96 bits per heavy atom. The average Bonchev–Trinajstić information content (AvgIpc) is 2.59. The number of pyridine rings is 1. The van der Waals surface area contributed by atoms with Crippen molar-refractivity contribution in [3.05, 3.63) is 63.5 Å². The molecule has 0 atom stereocenters. The lowest BCUT2D eigenvalue weighted by atomic mass is 10.00. The van der Waals surface area contributed by atoms with Gasteiger partial charge in [0.2, 0.25) is 5.91 Å². The molecule has 0 aliphatic rings. The second kappa shape index (κ2) is 7.79. The number of nitrogens with two attached hydrogens (primary N) is 1. The van der Waals surface area contributed by atoms with Crippen LogP contribution in [0.1, 0.15) is 23.6 Å². The molecule has 0 fully saturated rings. The fraction of sp³-hybridized carbons (Fsp3) is 0.105. The first-order valence-electron chi connectivity index (χ1n) is 7.46. The molecule has 0 radical (unpaired) electrons. The maximum atomic E-state index is 11.9. The number of H-pyrrole nitrogens is 1. The average molecular weight is 335 g/mol. The van der Waals surface area contributed by atoms with Gasteiger partial charge in [-0.05, 0) is 42.8 Å². The molecule has 2 aromatic rings. The minimum atomic E-state index is -0.577. The molecular formula is C19H17N3O3. The summed E-state index contributed by atoms with van der Waals surface area (Å²) in [6, 6.07) is 8.56. The second-order valence-electron chi connectivity index (χ2n) is 5.15. The molecular weight excluding hydrogens is 318 g/mol. The number of hydrogen-bond donors (Lipinski definition) is 2. The van der Waals surface area contributed by atoms with Crippen LogP contribution < -0.4 is 16.0 Å². The number of hydrogen-bond acceptors (Lipinski definition) is 4. The first kappa shape index (κ1) is 17.8. The van der Waals surface area contributed by atoms with Crippen molar-refractivity contribution in [2.75, 3.05) is 7.11 Å². The number of carbonyl (C=O) groups excluding carboxylic acids is 1. The van der Waals surface area contributed by atoms with E-state index in [0.29, 0.717) is 22.6 Å². The minimum Gasteiger partial charge on any atom is -0.496 e. The van der Waals surface area contributed by atoms with Crippen LogP contribution in [0.5, 0.6) is 5.75 Å². The predicted molar refractivity (Wildman–Crippen MR) is 96.7 cm³/mol. The molecule has 1 aromatic heterocycles. The molecule has 0 saturated carbocycles. The molecule has 1 heterocycles. The third kappa shape index (κ3) is 4.03. The van der Waals surface area contributed by atoms with Crippen molar-refractivity contribution in [3.63, 3.8) is 0 Å². The summed E-state index contributed by atoms with van der Waals surface area (Å²) in [5.41, 5.74) is 7.42. The van der Waals surface area contributed by atoms with Crippen LogP contribution in [0.2, 0.25) is 0 Å². The molecule has 1 amide bonds. The van der Waals surface area contributed by atoms with Crippen LogP contribution in [0.25, 0.3) is 23.4 Å². The van der Waals surface area contributed by atoms with Crippen LogP contribution in [0, 0.1) is 11.3 Å². The van der Waals surface area contributed by atoms with E-state index in [1.807, 2.05) is 31.2 Å². The van der Waals surface area contributed by atoms with Gasteiger partial charge in [-0.25, -0.2) is 0 Å². The van der Waals surface area contributed by atoms with Crippen molar-refractivity contribution >= 4 is 18.1 Å². The van der Waals surface area contributed by atoms with E-state index in [4.69, 9.17) is 15.7 Å². The highest BCUT2D eigenvalue weighted by atomic mass is 16.5. The number of amides is 1. The largest absolute Gasteiger partial charge is 0.496 e. The summed E-state index contributed by atoms with van der Waals surface area (Å²) in [4.78, 5) is 25.6. The van der Waals surface area contributed by atoms with E-state index in [-0.39, 0.29) is 5.56 Å². The monoisotopic (exact) mass is 335 g/mol. The van der Waals surface area contributed by atoms with Crippen LogP contribution in [0.4, 0.5) is 0 Å². The van der Waals surface area contributed by atoms with Gasteiger partial charge in [0.25, 0.3) is 5.56 Å². The van der Waals surface area contributed by atoms with Crippen LogP contribution in [0.3, 0.4) is 0 Å². The molecule has 0 spiro atoms. The zero-order chi connectivity index (χ0) is 18.4. The lowest BCUT2D eigenvalue weighted by Crippen LogP contribution is -2.10. The van der Waals surface area contributed by atoms with Gasteiger partial charge in [0, 0.05) is 22.9 Å². The lowest BCUT2D eigenvalue weighted by molar-refractivity contribution is -0.113. The number of carbonyl (C=O) groups is 1. The van der Waals surface area contributed by atoms with Crippen molar-refractivity contribution < 1.29 is 9.53 Å². The minimum absolute atomic E-state index is 0.0415. The Labute approximate surface area is 144 Å². The van der Waals surface area contributed by atoms with Gasteiger partial charge in [0.1, 0.15) is 17.4 Å². The topological polar surface area (TPSA) is 109 Å². The van der Waals surface area contributed by atoms with Crippen molar-refractivity contribution in [3.8, 4) is 23.1 Å². The summed E-state index contributed by atoms with van der Waals surface area (Å²) in [6.07, 6.45) is 6.50. The zero-order valence-electron chi connectivity index (χ0n) is 13.9. The fourth-order valence-corrected chi connectivity index (χ4v) is 2.39. The Hall–Kier alpha value is -3.59. The number of rotatable bonds is 5. The quantitative estimate of drug-likeness (QED) is 0.818. The van der Waals surface area contributed by atoms with Gasteiger partial charge in [-0.1, -0.05) is 12.2 Å². The normalized spacial score (nSPS) is 10.9. The number of nitrogens with one attached hydrogen (secondary N) is 1. The van der Waals surface area contributed by atoms with Crippen molar-refractivity contribution in [1.82, 2.24) is 4.98 Å². The number of allylic oxidation sites excluding steroid dienone is 1. The number of nitriles is 1. The molecule has 2 rings (SSSR count). The van der Waals surface area contributed by atoms with Crippen molar-refractivity contribution in [1.29, 1.82) is 5.26 Å². The predicted octanol–water partition coefficient (Wildman–Crippen LogP) is 2.45. The van der Waals surface area contributed by atoms with Gasteiger partial charge >= 0.3 is 0 Å². The smallest absolute Gasteiger partial charge is 0.266 e. The van der Waals surface area contributed by atoms with Gasteiger partial charge in [0.05, 0.1) is 7.11 Å². The third-order valence-electron chi connectivity index (χ3n) is 3.46. The molecule has 0 saturated heterocycles. The number of primary amides is 1. The van der Waals surface area contributed by atoms with E-state index < -0.39 is 11.5 Å². The van der Waals surface area contributed by atoms with Gasteiger partial charge in [0.15, 0.2) is 0 Å². The highest BCUT2D eigenvalue weighted by Crippen LogP contribution is 2.32. The summed E-state index contributed by atoms with van der Waals surface area (Å²) in [5.74, 6) is 0.00200.